The summed E-state index contributed by atoms with van der Waals surface area (Å²) in [6.45, 7) is 12.1. The van der Waals surface area contributed by atoms with Crippen molar-refractivity contribution in [1.82, 2.24) is 21.3 Å². The van der Waals surface area contributed by atoms with Gasteiger partial charge < -0.3 is 30.7 Å². The minimum atomic E-state index is -0.726. The van der Waals surface area contributed by atoms with Crippen molar-refractivity contribution in [3.8, 4) is 0 Å². The van der Waals surface area contributed by atoms with E-state index in [1.54, 1.807) is 13.8 Å². The Balaban J connectivity index is 4.49. The van der Waals surface area contributed by atoms with Crippen molar-refractivity contribution < 1.29 is 28.7 Å². The second kappa shape index (κ2) is 15.1. The average Bonchev–Trinajstić information content (AvgIpc) is 2.66. The van der Waals surface area contributed by atoms with Gasteiger partial charge in [0.25, 0.3) is 0 Å². The third-order valence-electron chi connectivity index (χ3n) is 4.08. The van der Waals surface area contributed by atoms with Crippen molar-refractivity contribution >= 4 is 24.0 Å². The standard InChI is InChI=1S/C20H36N4O6/c1-7-21-19(27)23-15(13(3)4)11-29-17(25)9-10-18(26)30-12-16(14(5)6)24-20(28)22-8-2/h9-10,13-16H,7-8,11-12H2,1-6H3,(H2,21,23,27)(H2,22,24,28)/b10-9+/t15-,16-/m1/s1. The van der Waals surface area contributed by atoms with E-state index in [0.717, 1.165) is 12.2 Å². The lowest BCUT2D eigenvalue weighted by molar-refractivity contribution is -0.141. The predicted molar refractivity (Wildman–Crippen MR) is 113 cm³/mol. The number of nitrogens with one attached hydrogen (secondary N) is 4. The SMILES string of the molecule is CCNC(=O)N[C@H](COC(=O)/C=C/C(=O)OC[C@@H](NC(=O)NCC)C(C)C)C(C)C. The number of urea groups is 2. The van der Waals surface area contributed by atoms with E-state index in [0.29, 0.717) is 13.1 Å². The lowest BCUT2D eigenvalue weighted by Crippen LogP contribution is -2.47. The molecule has 0 aliphatic rings. The molecule has 4 amide bonds. The molecule has 0 aliphatic heterocycles. The molecule has 0 aliphatic carbocycles. The highest BCUT2D eigenvalue weighted by atomic mass is 16.5. The summed E-state index contributed by atoms with van der Waals surface area (Å²) in [5.41, 5.74) is 0. The Morgan fingerprint density at radius 3 is 1.30 bits per heavy atom. The molecular weight excluding hydrogens is 392 g/mol. The largest absolute Gasteiger partial charge is 0.460 e. The molecule has 0 saturated heterocycles. The molecule has 0 fully saturated rings. The van der Waals surface area contributed by atoms with Gasteiger partial charge in [-0.15, -0.1) is 0 Å². The van der Waals surface area contributed by atoms with E-state index in [-0.39, 0.29) is 49.2 Å². The first-order valence-corrected chi connectivity index (χ1v) is 10.2. The summed E-state index contributed by atoms with van der Waals surface area (Å²) >= 11 is 0. The molecule has 172 valence electrons. The average molecular weight is 429 g/mol. The van der Waals surface area contributed by atoms with E-state index in [2.05, 4.69) is 21.3 Å². The van der Waals surface area contributed by atoms with Gasteiger partial charge in [-0.2, -0.15) is 0 Å². The van der Waals surface area contributed by atoms with Crippen molar-refractivity contribution in [2.45, 2.75) is 53.6 Å². The number of hydrogen-bond acceptors (Lipinski definition) is 6. The summed E-state index contributed by atoms with van der Waals surface area (Å²) in [5, 5.41) is 10.7. The fourth-order valence-corrected chi connectivity index (χ4v) is 2.14. The molecule has 0 saturated carbocycles. The maximum Gasteiger partial charge on any atom is 0.331 e. The van der Waals surface area contributed by atoms with Gasteiger partial charge >= 0.3 is 24.0 Å². The number of amides is 4. The Morgan fingerprint density at radius 2 is 1.03 bits per heavy atom. The van der Waals surface area contributed by atoms with Gasteiger partial charge in [-0.25, -0.2) is 19.2 Å². The number of rotatable bonds is 12. The fourth-order valence-electron chi connectivity index (χ4n) is 2.14. The van der Waals surface area contributed by atoms with Crippen LogP contribution in [-0.2, 0) is 19.1 Å². The van der Waals surface area contributed by atoms with E-state index < -0.39 is 11.9 Å². The lowest BCUT2D eigenvalue weighted by atomic mass is 10.1. The molecule has 30 heavy (non-hydrogen) atoms. The topological polar surface area (TPSA) is 135 Å². The van der Waals surface area contributed by atoms with Crippen molar-refractivity contribution in [1.29, 1.82) is 0 Å². The van der Waals surface area contributed by atoms with E-state index in [1.165, 1.54) is 0 Å². The van der Waals surface area contributed by atoms with Crippen molar-refractivity contribution in [2.24, 2.45) is 11.8 Å². The zero-order valence-corrected chi connectivity index (χ0v) is 18.7. The number of hydrogen-bond donors (Lipinski definition) is 4. The van der Waals surface area contributed by atoms with Crippen molar-refractivity contribution in [2.75, 3.05) is 26.3 Å². The van der Waals surface area contributed by atoms with Crippen LogP contribution in [0, 0.1) is 11.8 Å². The van der Waals surface area contributed by atoms with Gasteiger partial charge in [-0.1, -0.05) is 27.7 Å². The minimum Gasteiger partial charge on any atom is -0.460 e. The van der Waals surface area contributed by atoms with E-state index >= 15 is 0 Å². The van der Waals surface area contributed by atoms with Gasteiger partial charge in [-0.3, -0.25) is 0 Å². The summed E-state index contributed by atoms with van der Waals surface area (Å²) in [6, 6.07) is -1.42. The molecule has 0 aromatic carbocycles. The second-order valence-corrected chi connectivity index (χ2v) is 7.30. The third kappa shape index (κ3) is 12.6. The van der Waals surface area contributed by atoms with E-state index in [9.17, 15) is 19.2 Å². The zero-order valence-electron chi connectivity index (χ0n) is 18.7. The number of esters is 2. The van der Waals surface area contributed by atoms with Crippen LogP contribution in [0.25, 0.3) is 0 Å². The molecule has 0 unspecified atom stereocenters. The quantitative estimate of drug-likeness (QED) is 0.273. The van der Waals surface area contributed by atoms with Crippen LogP contribution in [-0.4, -0.2) is 62.4 Å². The highest BCUT2D eigenvalue weighted by molar-refractivity contribution is 5.91. The summed E-state index contributed by atoms with van der Waals surface area (Å²) in [7, 11) is 0. The van der Waals surface area contributed by atoms with E-state index in [1.807, 2.05) is 27.7 Å². The molecule has 0 bridgehead atoms. The fraction of sp³-hybridized carbons (Fsp3) is 0.700. The molecule has 0 heterocycles. The van der Waals surface area contributed by atoms with Gasteiger partial charge in [0.15, 0.2) is 0 Å². The molecule has 10 heteroatoms. The Bertz CT molecular complexity index is 542. The number of ether oxygens (including phenoxy) is 2. The predicted octanol–water partition coefficient (Wildman–Crippen LogP) is 1.32. The number of carbonyl (C=O) groups excluding carboxylic acids is 4. The lowest BCUT2D eigenvalue weighted by Gasteiger charge is -2.22. The van der Waals surface area contributed by atoms with Gasteiger partial charge in [0.1, 0.15) is 13.2 Å². The second-order valence-electron chi connectivity index (χ2n) is 7.30. The van der Waals surface area contributed by atoms with Gasteiger partial charge in [0.05, 0.1) is 12.1 Å². The first kappa shape index (κ1) is 27.2. The van der Waals surface area contributed by atoms with Gasteiger partial charge in [-0.05, 0) is 25.7 Å². The molecule has 0 aromatic heterocycles. The van der Waals surface area contributed by atoms with Gasteiger partial charge in [0.2, 0.25) is 0 Å². The molecule has 0 aromatic rings. The van der Waals surface area contributed by atoms with Crippen molar-refractivity contribution in [3.05, 3.63) is 12.2 Å². The minimum absolute atomic E-state index is 0.0289. The number of carbonyl (C=O) groups is 4. The molecule has 0 rings (SSSR count). The first-order chi connectivity index (χ1) is 14.1. The van der Waals surface area contributed by atoms with Crippen LogP contribution in [0.5, 0.6) is 0 Å². The summed E-state index contributed by atoms with van der Waals surface area (Å²) in [6.07, 6.45) is 1.93. The van der Waals surface area contributed by atoms with Crippen molar-refractivity contribution in [3.63, 3.8) is 0 Å². The Morgan fingerprint density at radius 1 is 0.700 bits per heavy atom. The smallest absolute Gasteiger partial charge is 0.331 e. The van der Waals surface area contributed by atoms with Crippen LogP contribution in [0.15, 0.2) is 12.2 Å². The van der Waals surface area contributed by atoms with Crippen LogP contribution in [0.4, 0.5) is 9.59 Å². The van der Waals surface area contributed by atoms with Crippen LogP contribution in [0.2, 0.25) is 0 Å². The normalized spacial score (nSPS) is 12.9. The molecule has 0 radical (unpaired) electrons. The third-order valence-corrected chi connectivity index (χ3v) is 4.08. The highest BCUT2D eigenvalue weighted by Gasteiger charge is 2.19. The van der Waals surface area contributed by atoms with Crippen LogP contribution < -0.4 is 21.3 Å². The molecule has 0 spiro atoms. The zero-order chi connectivity index (χ0) is 23.1. The van der Waals surface area contributed by atoms with E-state index in [4.69, 9.17) is 9.47 Å². The Labute approximate surface area is 178 Å². The van der Waals surface area contributed by atoms with Crippen LogP contribution in [0.3, 0.4) is 0 Å². The molecular formula is C20H36N4O6. The monoisotopic (exact) mass is 428 g/mol. The molecule has 10 nitrogen and oxygen atoms in total. The Kier molecular flexibility index (Phi) is 13.7. The van der Waals surface area contributed by atoms with Crippen LogP contribution >= 0.6 is 0 Å². The summed E-state index contributed by atoms with van der Waals surface area (Å²) in [4.78, 5) is 46.9. The molecule has 2 atom stereocenters. The summed E-state index contributed by atoms with van der Waals surface area (Å²) in [5.74, 6) is -1.37. The molecule has 4 N–H and O–H groups in total. The van der Waals surface area contributed by atoms with Crippen LogP contribution in [0.1, 0.15) is 41.5 Å². The Hall–Kier alpha value is -2.78. The van der Waals surface area contributed by atoms with Gasteiger partial charge in [0, 0.05) is 25.2 Å². The highest BCUT2D eigenvalue weighted by Crippen LogP contribution is 2.04. The maximum absolute atomic E-state index is 11.8. The summed E-state index contributed by atoms with van der Waals surface area (Å²) < 4.78 is 10.2. The maximum atomic E-state index is 11.8. The first-order valence-electron chi connectivity index (χ1n) is 10.2.